The lowest BCUT2D eigenvalue weighted by Gasteiger charge is -2.04. The second-order valence-corrected chi connectivity index (χ2v) is 4.65. The van der Waals surface area contributed by atoms with E-state index >= 15 is 0 Å². The predicted octanol–water partition coefficient (Wildman–Crippen LogP) is -0.0941. The molecule has 0 spiro atoms. The van der Waals surface area contributed by atoms with E-state index in [2.05, 4.69) is 15.5 Å². The maximum absolute atomic E-state index is 11.3. The average molecular weight is 256 g/mol. The molecule has 0 saturated heterocycles. The average Bonchev–Trinajstić information content (AvgIpc) is 3.03. The molecule has 0 radical (unpaired) electrons. The summed E-state index contributed by atoms with van der Waals surface area (Å²) < 4.78 is 1.95. The van der Waals surface area contributed by atoms with Gasteiger partial charge in [-0.3, -0.25) is 9.59 Å². The monoisotopic (exact) mass is 256 g/mol. The zero-order valence-electron chi connectivity index (χ0n) is 9.00. The molecule has 1 saturated carbocycles. The van der Waals surface area contributed by atoms with Crippen LogP contribution in [-0.2, 0) is 9.59 Å². The molecule has 2 rings (SSSR count). The quantitative estimate of drug-likeness (QED) is 0.690. The molecule has 1 aliphatic rings. The summed E-state index contributed by atoms with van der Waals surface area (Å²) in [6, 6.07) is 0.467. The van der Waals surface area contributed by atoms with Crippen LogP contribution in [-0.4, -0.2) is 44.0 Å². The Kier molecular flexibility index (Phi) is 3.62. The molecule has 92 valence electrons. The second kappa shape index (κ2) is 5.17. The Morgan fingerprint density at radius 3 is 3.00 bits per heavy atom. The Morgan fingerprint density at radius 1 is 1.59 bits per heavy atom. The maximum Gasteiger partial charge on any atom is 0.322 e. The number of carbonyl (C=O) groups is 2. The van der Waals surface area contributed by atoms with E-state index in [1.807, 2.05) is 4.57 Å². The van der Waals surface area contributed by atoms with Crippen LogP contribution in [0.5, 0.6) is 0 Å². The molecule has 1 aromatic heterocycles. The summed E-state index contributed by atoms with van der Waals surface area (Å²) in [6.45, 7) is -0.352. The summed E-state index contributed by atoms with van der Waals surface area (Å²) in [6.07, 6.45) is 3.91. The number of nitrogens with one attached hydrogen (secondary N) is 1. The first-order chi connectivity index (χ1) is 8.16. The van der Waals surface area contributed by atoms with Crippen LogP contribution in [0.2, 0.25) is 0 Å². The number of amides is 1. The van der Waals surface area contributed by atoms with E-state index < -0.39 is 5.97 Å². The number of carbonyl (C=O) groups excluding carboxylic acids is 1. The molecule has 0 atom stereocenters. The van der Waals surface area contributed by atoms with Gasteiger partial charge in [-0.1, -0.05) is 11.8 Å². The molecule has 7 nitrogen and oxygen atoms in total. The first-order valence-electron chi connectivity index (χ1n) is 5.17. The number of carboxylic acid groups (broad SMARTS) is 1. The molecule has 1 aliphatic carbocycles. The van der Waals surface area contributed by atoms with Gasteiger partial charge in [0.2, 0.25) is 5.91 Å². The highest BCUT2D eigenvalue weighted by Gasteiger charge is 2.26. The maximum atomic E-state index is 11.3. The van der Waals surface area contributed by atoms with Gasteiger partial charge in [0.25, 0.3) is 0 Å². The minimum absolute atomic E-state index is 0.151. The van der Waals surface area contributed by atoms with Crippen molar-refractivity contribution < 1.29 is 14.7 Å². The minimum atomic E-state index is -1.05. The molecule has 1 amide bonds. The van der Waals surface area contributed by atoms with Crippen LogP contribution in [0.1, 0.15) is 18.9 Å². The number of aliphatic carboxylic acids is 1. The molecule has 2 N–H and O–H groups in total. The van der Waals surface area contributed by atoms with E-state index in [-0.39, 0.29) is 18.2 Å². The summed E-state index contributed by atoms with van der Waals surface area (Å²) in [5, 5.41) is 19.1. The van der Waals surface area contributed by atoms with Crippen molar-refractivity contribution in [3.8, 4) is 0 Å². The molecular formula is C9H12N4O3S. The van der Waals surface area contributed by atoms with Gasteiger partial charge in [-0.2, -0.15) is 0 Å². The second-order valence-electron chi connectivity index (χ2n) is 3.71. The molecule has 1 fully saturated rings. The zero-order valence-corrected chi connectivity index (χ0v) is 9.81. The predicted molar refractivity (Wildman–Crippen MR) is 59.7 cm³/mol. The molecular weight excluding hydrogens is 244 g/mol. The third-order valence-corrected chi connectivity index (χ3v) is 3.21. The Balaban J connectivity index is 1.78. The van der Waals surface area contributed by atoms with E-state index in [9.17, 15) is 9.59 Å². The molecule has 0 unspecified atom stereocenters. The number of rotatable bonds is 6. The van der Waals surface area contributed by atoms with Crippen molar-refractivity contribution in [2.75, 3.05) is 12.3 Å². The van der Waals surface area contributed by atoms with Crippen molar-refractivity contribution in [3.63, 3.8) is 0 Å². The summed E-state index contributed by atoms with van der Waals surface area (Å²) in [4.78, 5) is 21.5. The van der Waals surface area contributed by atoms with Crippen LogP contribution in [0.3, 0.4) is 0 Å². The summed E-state index contributed by atoms with van der Waals surface area (Å²) >= 11 is 1.27. The number of nitrogens with zero attached hydrogens (tertiary/aromatic N) is 3. The minimum Gasteiger partial charge on any atom is -0.480 e. The number of thioether (sulfide) groups is 1. The number of hydrogen-bond donors (Lipinski definition) is 2. The van der Waals surface area contributed by atoms with Crippen LogP contribution in [0.25, 0.3) is 0 Å². The standard InChI is InChI=1S/C9H12N4O3S/c14-7(10-3-8(15)16)4-17-9-12-11-5-13(9)6-1-2-6/h5-6H,1-4H2,(H,10,14)(H,15,16). The van der Waals surface area contributed by atoms with E-state index in [0.717, 1.165) is 12.8 Å². The summed E-state index contributed by atoms with van der Waals surface area (Å²) in [5.74, 6) is -1.22. The molecule has 0 aromatic carbocycles. The highest BCUT2D eigenvalue weighted by atomic mass is 32.2. The molecule has 8 heteroatoms. The number of aromatic nitrogens is 3. The smallest absolute Gasteiger partial charge is 0.322 e. The van der Waals surface area contributed by atoms with Gasteiger partial charge >= 0.3 is 5.97 Å². The first kappa shape index (κ1) is 11.9. The summed E-state index contributed by atoms with van der Waals surface area (Å²) in [7, 11) is 0. The van der Waals surface area contributed by atoms with Crippen molar-refractivity contribution in [1.29, 1.82) is 0 Å². The summed E-state index contributed by atoms with van der Waals surface area (Å²) in [5.41, 5.74) is 0. The topological polar surface area (TPSA) is 97.1 Å². The fourth-order valence-electron chi connectivity index (χ4n) is 1.29. The van der Waals surface area contributed by atoms with E-state index in [0.29, 0.717) is 11.2 Å². The lowest BCUT2D eigenvalue weighted by atomic mass is 10.6. The van der Waals surface area contributed by atoms with Crippen molar-refractivity contribution >= 4 is 23.6 Å². The van der Waals surface area contributed by atoms with Gasteiger partial charge in [0, 0.05) is 6.04 Å². The van der Waals surface area contributed by atoms with Gasteiger partial charge in [0.05, 0.1) is 5.75 Å². The molecule has 1 heterocycles. The Bertz CT molecular complexity index is 430. The molecule has 17 heavy (non-hydrogen) atoms. The van der Waals surface area contributed by atoms with Gasteiger partial charge in [-0.25, -0.2) is 0 Å². The van der Waals surface area contributed by atoms with Gasteiger partial charge in [0.1, 0.15) is 12.9 Å². The van der Waals surface area contributed by atoms with Gasteiger partial charge < -0.3 is 15.0 Å². The first-order valence-corrected chi connectivity index (χ1v) is 6.16. The highest BCUT2D eigenvalue weighted by molar-refractivity contribution is 7.99. The van der Waals surface area contributed by atoms with E-state index in [1.165, 1.54) is 11.8 Å². The zero-order chi connectivity index (χ0) is 12.3. The Morgan fingerprint density at radius 2 is 2.35 bits per heavy atom. The van der Waals surface area contributed by atoms with Crippen LogP contribution in [0, 0.1) is 0 Å². The molecule has 0 aliphatic heterocycles. The lowest BCUT2D eigenvalue weighted by Crippen LogP contribution is -2.30. The van der Waals surface area contributed by atoms with Crippen molar-refractivity contribution in [2.24, 2.45) is 0 Å². The number of carboxylic acids is 1. The lowest BCUT2D eigenvalue weighted by molar-refractivity contribution is -0.137. The third-order valence-electron chi connectivity index (χ3n) is 2.25. The van der Waals surface area contributed by atoms with Gasteiger partial charge in [0.15, 0.2) is 5.16 Å². The van der Waals surface area contributed by atoms with Crippen LogP contribution in [0.15, 0.2) is 11.5 Å². The van der Waals surface area contributed by atoms with Crippen LogP contribution >= 0.6 is 11.8 Å². The number of hydrogen-bond acceptors (Lipinski definition) is 5. The SMILES string of the molecule is O=C(O)CNC(=O)CSc1nncn1C1CC1. The largest absolute Gasteiger partial charge is 0.480 e. The molecule has 0 bridgehead atoms. The van der Waals surface area contributed by atoms with E-state index in [1.54, 1.807) is 6.33 Å². The van der Waals surface area contributed by atoms with Gasteiger partial charge in [-0.05, 0) is 12.8 Å². The highest BCUT2D eigenvalue weighted by Crippen LogP contribution is 2.37. The van der Waals surface area contributed by atoms with Crippen LogP contribution < -0.4 is 5.32 Å². The Labute approximate surface area is 102 Å². The fraction of sp³-hybridized carbons (Fsp3) is 0.556. The van der Waals surface area contributed by atoms with Crippen molar-refractivity contribution in [3.05, 3.63) is 6.33 Å². The normalized spacial score (nSPS) is 14.6. The fourth-order valence-corrected chi connectivity index (χ4v) is 2.11. The van der Waals surface area contributed by atoms with Gasteiger partial charge in [-0.15, -0.1) is 10.2 Å². The van der Waals surface area contributed by atoms with E-state index in [4.69, 9.17) is 5.11 Å². The van der Waals surface area contributed by atoms with Crippen molar-refractivity contribution in [2.45, 2.75) is 24.0 Å². The molecule has 1 aromatic rings. The Hall–Kier alpha value is -1.57. The third kappa shape index (κ3) is 3.45. The van der Waals surface area contributed by atoms with Crippen molar-refractivity contribution in [1.82, 2.24) is 20.1 Å². The van der Waals surface area contributed by atoms with Crippen LogP contribution in [0.4, 0.5) is 0 Å².